The van der Waals surface area contributed by atoms with Gasteiger partial charge in [0.2, 0.25) is 0 Å². The minimum atomic E-state index is 0.152. The van der Waals surface area contributed by atoms with Crippen LogP contribution in [0.1, 0.15) is 29.4 Å². The molecule has 0 atom stereocenters. The van der Waals surface area contributed by atoms with Crippen molar-refractivity contribution in [2.45, 2.75) is 20.3 Å². The van der Waals surface area contributed by atoms with Crippen LogP contribution in [0.2, 0.25) is 0 Å². The van der Waals surface area contributed by atoms with Crippen LogP contribution < -0.4 is 4.67 Å². The lowest BCUT2D eigenvalue weighted by Crippen LogP contribution is -2.10. The van der Waals surface area contributed by atoms with Gasteiger partial charge >= 0.3 is 0 Å². The second kappa shape index (κ2) is 5.31. The topological polar surface area (TPSA) is 34.4 Å². The zero-order chi connectivity index (χ0) is 13.1. The molecule has 0 spiro atoms. The summed E-state index contributed by atoms with van der Waals surface area (Å²) in [5.74, 6) is 0.152. The van der Waals surface area contributed by atoms with Gasteiger partial charge in [0.05, 0.1) is 11.3 Å². The molecule has 18 heavy (non-hydrogen) atoms. The fourth-order valence-electron chi connectivity index (χ4n) is 1.75. The van der Waals surface area contributed by atoms with Gasteiger partial charge in [0.1, 0.15) is 4.67 Å². The highest BCUT2D eigenvalue weighted by Gasteiger charge is 2.14. The number of Topliss-reactive ketones (excluding diaryl/α,β-unsaturated/α-hetero) is 1. The standard InChI is InChI=1S/C14H16N2OS/c1-4-12(17)13-10(2)16(3)18-14(13)15-11-8-6-5-7-9-11/h5-9H,4H2,1-3H3. The van der Waals surface area contributed by atoms with Crippen LogP contribution in [-0.4, -0.2) is 9.74 Å². The molecule has 0 aliphatic carbocycles. The Bertz CT molecular complexity index is 623. The summed E-state index contributed by atoms with van der Waals surface area (Å²) in [5, 5.41) is 0. The highest BCUT2D eigenvalue weighted by molar-refractivity contribution is 7.04. The van der Waals surface area contributed by atoms with Gasteiger partial charge in [-0.2, -0.15) is 0 Å². The zero-order valence-electron chi connectivity index (χ0n) is 10.8. The Morgan fingerprint density at radius 2 is 2.00 bits per heavy atom. The van der Waals surface area contributed by atoms with Crippen molar-refractivity contribution in [2.75, 3.05) is 0 Å². The molecule has 0 fully saturated rings. The van der Waals surface area contributed by atoms with E-state index in [9.17, 15) is 4.79 Å². The van der Waals surface area contributed by atoms with E-state index in [0.29, 0.717) is 6.42 Å². The number of nitrogens with zero attached hydrogens (tertiary/aromatic N) is 2. The predicted octanol–water partition coefficient (Wildman–Crippen LogP) is 3.22. The normalized spacial score (nSPS) is 11.8. The Morgan fingerprint density at radius 1 is 1.33 bits per heavy atom. The van der Waals surface area contributed by atoms with Crippen LogP contribution in [0.3, 0.4) is 0 Å². The highest BCUT2D eigenvalue weighted by Crippen LogP contribution is 2.13. The number of carbonyl (C=O) groups excluding carboxylic acids is 1. The molecule has 0 aliphatic heterocycles. The number of aromatic nitrogens is 1. The number of ketones is 1. The van der Waals surface area contributed by atoms with Gasteiger partial charge in [0.15, 0.2) is 5.78 Å². The molecular formula is C14H16N2OS. The van der Waals surface area contributed by atoms with Gasteiger partial charge in [-0.15, -0.1) is 0 Å². The fourth-order valence-corrected chi connectivity index (χ4v) is 2.74. The molecule has 4 heteroatoms. The summed E-state index contributed by atoms with van der Waals surface area (Å²) in [7, 11) is 1.95. The number of carbonyl (C=O) groups is 1. The Balaban J connectivity index is 2.61. The number of aryl methyl sites for hydroxylation is 1. The van der Waals surface area contributed by atoms with E-state index in [0.717, 1.165) is 21.6 Å². The van der Waals surface area contributed by atoms with Gasteiger partial charge in [0.25, 0.3) is 0 Å². The lowest BCUT2D eigenvalue weighted by atomic mass is 10.1. The number of para-hydroxylation sites is 1. The van der Waals surface area contributed by atoms with Crippen LogP contribution in [0.5, 0.6) is 0 Å². The zero-order valence-corrected chi connectivity index (χ0v) is 11.6. The number of hydrogen-bond acceptors (Lipinski definition) is 3. The Kier molecular flexibility index (Phi) is 3.77. The second-order valence-electron chi connectivity index (χ2n) is 4.08. The van der Waals surface area contributed by atoms with Gasteiger partial charge in [-0.3, -0.25) is 4.79 Å². The first-order valence-corrected chi connectivity index (χ1v) is 6.70. The molecule has 2 rings (SSSR count). The van der Waals surface area contributed by atoms with Crippen molar-refractivity contribution in [2.24, 2.45) is 12.0 Å². The number of benzene rings is 1. The van der Waals surface area contributed by atoms with Crippen LogP contribution in [0.4, 0.5) is 5.69 Å². The van der Waals surface area contributed by atoms with Crippen molar-refractivity contribution < 1.29 is 4.79 Å². The van der Waals surface area contributed by atoms with Crippen molar-refractivity contribution in [3.8, 4) is 0 Å². The maximum absolute atomic E-state index is 12.0. The second-order valence-corrected chi connectivity index (χ2v) is 5.20. The molecule has 1 aromatic carbocycles. The van der Waals surface area contributed by atoms with Crippen molar-refractivity contribution >= 4 is 23.0 Å². The molecule has 0 aliphatic rings. The third kappa shape index (κ3) is 2.43. The van der Waals surface area contributed by atoms with Crippen LogP contribution in [0.25, 0.3) is 0 Å². The summed E-state index contributed by atoms with van der Waals surface area (Å²) < 4.78 is 2.79. The molecule has 0 amide bonds. The molecule has 0 saturated carbocycles. The minimum absolute atomic E-state index is 0.152. The van der Waals surface area contributed by atoms with E-state index in [-0.39, 0.29) is 5.78 Å². The summed E-state index contributed by atoms with van der Waals surface area (Å²) in [6.45, 7) is 3.84. The van der Waals surface area contributed by atoms with Gasteiger partial charge in [-0.25, -0.2) is 4.99 Å². The lowest BCUT2D eigenvalue weighted by Gasteiger charge is -1.97. The molecule has 1 heterocycles. The van der Waals surface area contributed by atoms with Crippen molar-refractivity contribution in [3.63, 3.8) is 0 Å². The van der Waals surface area contributed by atoms with E-state index in [2.05, 4.69) is 4.99 Å². The number of rotatable bonds is 3. The van der Waals surface area contributed by atoms with Crippen LogP contribution in [-0.2, 0) is 7.05 Å². The largest absolute Gasteiger partial charge is 0.303 e. The van der Waals surface area contributed by atoms with E-state index < -0.39 is 0 Å². The van der Waals surface area contributed by atoms with Gasteiger partial charge < -0.3 is 3.96 Å². The molecule has 3 nitrogen and oxygen atoms in total. The summed E-state index contributed by atoms with van der Waals surface area (Å²) >= 11 is 1.51. The number of hydrogen-bond donors (Lipinski definition) is 0. The Hall–Kier alpha value is -1.68. The quantitative estimate of drug-likeness (QED) is 0.780. The van der Waals surface area contributed by atoms with Crippen LogP contribution in [0, 0.1) is 6.92 Å². The average molecular weight is 260 g/mol. The van der Waals surface area contributed by atoms with Crippen LogP contribution in [0.15, 0.2) is 35.3 Å². The third-order valence-corrected chi connectivity index (χ3v) is 3.87. The van der Waals surface area contributed by atoms with Crippen molar-refractivity contribution in [3.05, 3.63) is 46.3 Å². The van der Waals surface area contributed by atoms with E-state index in [1.54, 1.807) is 0 Å². The Morgan fingerprint density at radius 3 is 2.61 bits per heavy atom. The maximum atomic E-state index is 12.0. The van der Waals surface area contributed by atoms with Crippen molar-refractivity contribution in [1.29, 1.82) is 0 Å². The van der Waals surface area contributed by atoms with E-state index in [1.807, 2.05) is 55.2 Å². The average Bonchev–Trinajstić information content (AvgIpc) is 2.65. The Labute approximate surface area is 111 Å². The first-order chi connectivity index (χ1) is 8.63. The van der Waals surface area contributed by atoms with Crippen LogP contribution >= 0.6 is 11.5 Å². The third-order valence-electron chi connectivity index (χ3n) is 2.86. The van der Waals surface area contributed by atoms with E-state index >= 15 is 0 Å². The van der Waals surface area contributed by atoms with Gasteiger partial charge in [0, 0.05) is 19.2 Å². The minimum Gasteiger partial charge on any atom is -0.303 e. The van der Waals surface area contributed by atoms with Crippen molar-refractivity contribution in [1.82, 2.24) is 3.96 Å². The molecule has 0 unspecified atom stereocenters. The molecule has 0 saturated heterocycles. The van der Waals surface area contributed by atoms with Gasteiger partial charge in [-0.05, 0) is 30.6 Å². The molecule has 94 valence electrons. The SMILES string of the molecule is CCC(=O)c1c(C)n(C)sc1=Nc1ccccc1. The highest BCUT2D eigenvalue weighted by atomic mass is 32.1. The molecule has 0 N–H and O–H groups in total. The molecule has 1 aromatic heterocycles. The predicted molar refractivity (Wildman–Crippen MR) is 74.3 cm³/mol. The molecular weight excluding hydrogens is 244 g/mol. The monoisotopic (exact) mass is 260 g/mol. The molecule has 2 aromatic rings. The van der Waals surface area contributed by atoms with Gasteiger partial charge in [-0.1, -0.05) is 25.1 Å². The molecule has 0 radical (unpaired) electrons. The van der Waals surface area contributed by atoms with E-state index in [4.69, 9.17) is 0 Å². The maximum Gasteiger partial charge on any atom is 0.167 e. The summed E-state index contributed by atoms with van der Waals surface area (Å²) in [6, 6.07) is 9.72. The summed E-state index contributed by atoms with van der Waals surface area (Å²) in [5.41, 5.74) is 2.62. The molecule has 0 bridgehead atoms. The first-order valence-electron chi connectivity index (χ1n) is 5.93. The lowest BCUT2D eigenvalue weighted by molar-refractivity contribution is 0.0986. The summed E-state index contributed by atoms with van der Waals surface area (Å²) in [4.78, 5) is 16.6. The van der Waals surface area contributed by atoms with E-state index in [1.165, 1.54) is 11.5 Å². The first kappa shape index (κ1) is 12.8. The summed E-state index contributed by atoms with van der Waals surface area (Å²) in [6.07, 6.45) is 0.509. The smallest absolute Gasteiger partial charge is 0.167 e. The fraction of sp³-hybridized carbons (Fsp3) is 0.286.